The van der Waals surface area contributed by atoms with Crippen LogP contribution in [0, 0.1) is 0 Å². The molecule has 7 heteroatoms. The van der Waals surface area contributed by atoms with Crippen molar-refractivity contribution in [3.8, 4) is 0 Å². The highest BCUT2D eigenvalue weighted by Crippen LogP contribution is 2.00. The predicted octanol–water partition coefficient (Wildman–Crippen LogP) is -0.841. The fraction of sp³-hybridized carbons (Fsp3) is 0.250. The molecule has 6 nitrogen and oxygen atoms in total. The number of hydrogen-bond acceptors (Lipinski definition) is 5. The molecule has 1 aromatic heterocycles. The molecule has 0 aromatic carbocycles. The molecule has 0 saturated heterocycles. The Morgan fingerprint density at radius 3 is 2.82 bits per heavy atom. The fourth-order valence-electron chi connectivity index (χ4n) is 0.516. The molecule has 1 aromatic rings. The van der Waals surface area contributed by atoms with Gasteiger partial charge in [0.05, 0.1) is 5.75 Å². The first-order valence-corrected chi connectivity index (χ1v) is 4.39. The lowest BCUT2D eigenvalue weighted by Gasteiger charge is -1.90. The lowest BCUT2D eigenvalue weighted by atomic mass is 10.8. The summed E-state index contributed by atoms with van der Waals surface area (Å²) in [6, 6.07) is 0. The van der Waals surface area contributed by atoms with Gasteiger partial charge in [-0.3, -0.25) is 0 Å². The van der Waals surface area contributed by atoms with Crippen molar-refractivity contribution in [3.05, 3.63) is 12.7 Å². The summed E-state index contributed by atoms with van der Waals surface area (Å²) in [6.45, 7) is 3.29. The summed E-state index contributed by atoms with van der Waals surface area (Å²) in [5.41, 5.74) is 0. The van der Waals surface area contributed by atoms with Crippen molar-refractivity contribution in [2.45, 2.75) is 5.16 Å². The summed E-state index contributed by atoms with van der Waals surface area (Å²) < 4.78 is 22.1. The topological polar surface area (TPSA) is 88.6 Å². The second-order valence-electron chi connectivity index (χ2n) is 1.78. The minimum atomic E-state index is -3.38. The number of tetrazole rings is 1. The van der Waals surface area contributed by atoms with Gasteiger partial charge in [-0.25, -0.2) is 13.5 Å². The molecule has 0 radical (unpaired) electrons. The minimum Gasteiger partial charge on any atom is -0.230 e. The highest BCUT2D eigenvalue weighted by Gasteiger charge is 2.15. The van der Waals surface area contributed by atoms with Crippen LogP contribution in [0.25, 0.3) is 0 Å². The number of rotatable bonds is 3. The van der Waals surface area contributed by atoms with Crippen molar-refractivity contribution in [2.75, 3.05) is 5.75 Å². The minimum absolute atomic E-state index is 0.163. The lowest BCUT2D eigenvalue weighted by molar-refractivity contribution is 0.590. The number of nitrogens with one attached hydrogen (secondary N) is 1. The molecule has 11 heavy (non-hydrogen) atoms. The third kappa shape index (κ3) is 1.61. The molecule has 0 aliphatic rings. The zero-order chi connectivity index (χ0) is 8.32. The highest BCUT2D eigenvalue weighted by atomic mass is 32.2. The Labute approximate surface area is 63.2 Å². The summed E-state index contributed by atoms with van der Waals surface area (Å²) in [5, 5.41) is 11.5. The first-order chi connectivity index (χ1) is 5.17. The van der Waals surface area contributed by atoms with Gasteiger partial charge in [0.2, 0.25) is 9.84 Å². The predicted molar refractivity (Wildman–Crippen MR) is 36.4 cm³/mol. The molecule has 0 aliphatic heterocycles. The molecule has 1 N–H and O–H groups in total. The van der Waals surface area contributed by atoms with Gasteiger partial charge in [-0.15, -0.1) is 6.58 Å². The molecule has 0 saturated carbocycles. The van der Waals surface area contributed by atoms with Gasteiger partial charge in [-0.05, 0) is 10.4 Å². The van der Waals surface area contributed by atoms with Crippen LogP contribution in [-0.2, 0) is 9.84 Å². The Hall–Kier alpha value is -1.24. The molecule has 0 atom stereocenters. The van der Waals surface area contributed by atoms with Crippen molar-refractivity contribution in [1.29, 1.82) is 0 Å². The van der Waals surface area contributed by atoms with Crippen LogP contribution >= 0.6 is 0 Å². The Morgan fingerprint density at radius 1 is 1.64 bits per heavy atom. The summed E-state index contributed by atoms with van der Waals surface area (Å²) >= 11 is 0. The Morgan fingerprint density at radius 2 is 2.36 bits per heavy atom. The molecule has 1 heterocycles. The molecule has 0 bridgehead atoms. The molecule has 60 valence electrons. The second-order valence-corrected chi connectivity index (χ2v) is 3.73. The summed E-state index contributed by atoms with van der Waals surface area (Å²) in [4.78, 5) is 0. The summed E-state index contributed by atoms with van der Waals surface area (Å²) in [6.07, 6.45) is 1.28. The number of aromatic nitrogens is 4. The molecular formula is C4H6N4O2S. The molecule has 0 amide bonds. The number of sulfone groups is 1. The van der Waals surface area contributed by atoms with Gasteiger partial charge in [0.25, 0.3) is 5.16 Å². The Balaban J connectivity index is 3.01. The van der Waals surface area contributed by atoms with Crippen LogP contribution in [0.15, 0.2) is 17.8 Å². The van der Waals surface area contributed by atoms with E-state index in [9.17, 15) is 8.42 Å². The first-order valence-electron chi connectivity index (χ1n) is 2.74. The third-order valence-corrected chi connectivity index (χ3v) is 2.39. The van der Waals surface area contributed by atoms with Crippen molar-refractivity contribution in [3.63, 3.8) is 0 Å². The molecule has 0 unspecified atom stereocenters. The number of H-pyrrole nitrogens is 1. The monoisotopic (exact) mass is 174 g/mol. The number of hydrogen-bond donors (Lipinski definition) is 1. The third-order valence-electron chi connectivity index (χ3n) is 0.958. The standard InChI is InChI=1S/C4H6N4O2S/c1-2-3-11(9,10)4-5-7-8-6-4/h2H,1,3H2,(H,5,6,7,8). The Kier molecular flexibility index (Phi) is 1.99. The van der Waals surface area contributed by atoms with E-state index >= 15 is 0 Å². The molecule has 1 rings (SSSR count). The van der Waals surface area contributed by atoms with Crippen molar-refractivity contribution >= 4 is 9.84 Å². The largest absolute Gasteiger partial charge is 0.265 e. The van der Waals surface area contributed by atoms with Crippen LogP contribution in [0.5, 0.6) is 0 Å². The van der Waals surface area contributed by atoms with Gasteiger partial charge >= 0.3 is 0 Å². The maximum atomic E-state index is 11.0. The fourth-order valence-corrected chi connectivity index (χ4v) is 1.33. The smallest absolute Gasteiger partial charge is 0.230 e. The van der Waals surface area contributed by atoms with E-state index in [2.05, 4.69) is 27.2 Å². The number of nitrogens with zero attached hydrogens (tertiary/aromatic N) is 3. The first kappa shape index (κ1) is 7.86. The van der Waals surface area contributed by atoms with E-state index in [1.165, 1.54) is 6.08 Å². The van der Waals surface area contributed by atoms with Crippen LogP contribution in [0.2, 0.25) is 0 Å². The molecular weight excluding hydrogens is 168 g/mol. The molecule has 0 fully saturated rings. The molecule has 0 aliphatic carbocycles. The Bertz CT molecular complexity index is 327. The van der Waals surface area contributed by atoms with Crippen molar-refractivity contribution in [2.24, 2.45) is 0 Å². The van der Waals surface area contributed by atoms with Crippen LogP contribution < -0.4 is 0 Å². The maximum Gasteiger partial charge on any atom is 0.265 e. The van der Waals surface area contributed by atoms with Gasteiger partial charge in [-0.1, -0.05) is 11.2 Å². The van der Waals surface area contributed by atoms with Crippen LogP contribution in [0.4, 0.5) is 0 Å². The van der Waals surface area contributed by atoms with E-state index < -0.39 is 9.84 Å². The van der Waals surface area contributed by atoms with Crippen molar-refractivity contribution in [1.82, 2.24) is 20.6 Å². The van der Waals surface area contributed by atoms with Crippen LogP contribution in [0.3, 0.4) is 0 Å². The summed E-state index contributed by atoms with van der Waals surface area (Å²) in [7, 11) is -3.38. The van der Waals surface area contributed by atoms with E-state index in [4.69, 9.17) is 0 Å². The van der Waals surface area contributed by atoms with E-state index in [0.717, 1.165) is 0 Å². The van der Waals surface area contributed by atoms with Gasteiger partial charge in [0.1, 0.15) is 0 Å². The second kappa shape index (κ2) is 2.79. The SMILES string of the molecule is C=CCS(=O)(=O)c1nnn[nH]1. The van der Waals surface area contributed by atoms with Crippen molar-refractivity contribution < 1.29 is 8.42 Å². The van der Waals surface area contributed by atoms with Crippen LogP contribution in [-0.4, -0.2) is 34.8 Å². The summed E-state index contributed by atoms with van der Waals surface area (Å²) in [5.74, 6) is -0.163. The van der Waals surface area contributed by atoms with E-state index in [1.54, 1.807) is 0 Å². The van der Waals surface area contributed by atoms with Gasteiger partial charge in [0.15, 0.2) is 0 Å². The average Bonchev–Trinajstić information content (AvgIpc) is 2.37. The highest BCUT2D eigenvalue weighted by molar-refractivity contribution is 7.91. The van der Waals surface area contributed by atoms with E-state index in [0.29, 0.717) is 0 Å². The zero-order valence-corrected chi connectivity index (χ0v) is 6.37. The van der Waals surface area contributed by atoms with Gasteiger partial charge in [-0.2, -0.15) is 0 Å². The zero-order valence-electron chi connectivity index (χ0n) is 5.56. The quantitative estimate of drug-likeness (QED) is 0.603. The van der Waals surface area contributed by atoms with E-state index in [1.807, 2.05) is 0 Å². The lowest BCUT2D eigenvalue weighted by Crippen LogP contribution is -2.06. The maximum absolute atomic E-state index is 11.0. The average molecular weight is 174 g/mol. The normalized spacial score (nSPS) is 11.3. The molecule has 0 spiro atoms. The van der Waals surface area contributed by atoms with Crippen LogP contribution in [0.1, 0.15) is 0 Å². The van der Waals surface area contributed by atoms with Gasteiger partial charge in [0, 0.05) is 0 Å². The van der Waals surface area contributed by atoms with E-state index in [-0.39, 0.29) is 10.9 Å². The number of aromatic amines is 1. The van der Waals surface area contributed by atoms with Gasteiger partial charge < -0.3 is 0 Å².